The number of aromatic nitrogens is 3. The Kier molecular flexibility index (Phi) is 3.41. The van der Waals surface area contributed by atoms with Crippen LogP contribution in [0, 0.1) is 6.92 Å². The van der Waals surface area contributed by atoms with Gasteiger partial charge in [0.1, 0.15) is 5.56 Å². The highest BCUT2D eigenvalue weighted by Crippen LogP contribution is 2.27. The van der Waals surface area contributed by atoms with E-state index in [2.05, 4.69) is 23.9 Å². The molecular weight excluding hydrogens is 272 g/mol. The third kappa shape index (κ3) is 2.08. The molecule has 2 aromatic heterocycles. The van der Waals surface area contributed by atoms with Gasteiger partial charge in [-0.2, -0.15) is 16.9 Å². The van der Waals surface area contributed by atoms with Crippen LogP contribution in [0.3, 0.4) is 0 Å². The Labute approximate surface area is 122 Å². The van der Waals surface area contributed by atoms with Crippen LogP contribution in [0.15, 0.2) is 18.5 Å². The normalized spacial score (nSPS) is 23.2. The van der Waals surface area contributed by atoms with Gasteiger partial charge in [-0.05, 0) is 19.9 Å². The van der Waals surface area contributed by atoms with Gasteiger partial charge in [-0.3, -0.25) is 4.79 Å². The maximum Gasteiger partial charge on any atom is 0.259 e. The number of hydrogen-bond acceptors (Lipinski definition) is 4. The van der Waals surface area contributed by atoms with Crippen molar-refractivity contribution in [1.29, 1.82) is 0 Å². The van der Waals surface area contributed by atoms with Crippen molar-refractivity contribution in [2.24, 2.45) is 0 Å². The first-order valence-electron chi connectivity index (χ1n) is 6.82. The summed E-state index contributed by atoms with van der Waals surface area (Å²) in [7, 11) is 0. The van der Waals surface area contributed by atoms with Crippen molar-refractivity contribution >= 4 is 23.3 Å². The second-order valence-corrected chi connectivity index (χ2v) is 6.65. The second kappa shape index (κ2) is 5.09. The van der Waals surface area contributed by atoms with E-state index in [0.29, 0.717) is 16.5 Å². The fourth-order valence-electron chi connectivity index (χ4n) is 2.61. The van der Waals surface area contributed by atoms with Gasteiger partial charge in [0.15, 0.2) is 5.65 Å². The average Bonchev–Trinajstić information content (AvgIpc) is 2.77. The van der Waals surface area contributed by atoms with E-state index in [1.54, 1.807) is 10.7 Å². The largest absolute Gasteiger partial charge is 0.334 e. The molecular formula is C14H18N4OS. The van der Waals surface area contributed by atoms with Gasteiger partial charge in [0.25, 0.3) is 5.91 Å². The summed E-state index contributed by atoms with van der Waals surface area (Å²) in [5, 5.41) is 4.84. The highest BCUT2D eigenvalue weighted by atomic mass is 32.2. The second-order valence-electron chi connectivity index (χ2n) is 5.16. The molecule has 2 aromatic rings. The molecule has 0 saturated carbocycles. The maximum absolute atomic E-state index is 12.9. The third-order valence-electron chi connectivity index (χ3n) is 3.93. The Bertz CT molecular complexity index is 654. The Morgan fingerprint density at radius 2 is 2.25 bits per heavy atom. The number of carbonyl (C=O) groups excluding carboxylic acids is 1. The van der Waals surface area contributed by atoms with Crippen LogP contribution in [0.25, 0.3) is 5.65 Å². The van der Waals surface area contributed by atoms with E-state index >= 15 is 0 Å². The van der Waals surface area contributed by atoms with Crippen molar-refractivity contribution in [3.8, 4) is 0 Å². The zero-order valence-corrected chi connectivity index (χ0v) is 12.7. The summed E-state index contributed by atoms with van der Waals surface area (Å²) >= 11 is 1.92. The van der Waals surface area contributed by atoms with Crippen molar-refractivity contribution in [2.45, 2.75) is 32.1 Å². The lowest BCUT2D eigenvalue weighted by Crippen LogP contribution is -2.48. The fourth-order valence-corrected chi connectivity index (χ4v) is 3.71. The number of fused-ring (bicyclic) bond motifs is 1. The molecule has 2 unspecified atom stereocenters. The van der Waals surface area contributed by atoms with Crippen molar-refractivity contribution in [1.82, 2.24) is 19.5 Å². The van der Waals surface area contributed by atoms with Crippen LogP contribution in [0.5, 0.6) is 0 Å². The molecule has 1 aliphatic heterocycles. The standard InChI is InChI=1S/C14H18N4OS/c1-9-12(13-15-5-4-6-18(13)16-9)14(19)17-7-8-20-11(3)10(17)2/h4-6,10-11H,7-8H2,1-3H3. The smallest absolute Gasteiger partial charge is 0.259 e. The van der Waals surface area contributed by atoms with E-state index in [1.165, 1.54) is 0 Å². The van der Waals surface area contributed by atoms with Gasteiger partial charge in [0.2, 0.25) is 0 Å². The number of hydrogen-bond donors (Lipinski definition) is 0. The molecule has 1 saturated heterocycles. The molecule has 1 amide bonds. The lowest BCUT2D eigenvalue weighted by molar-refractivity contribution is 0.0699. The van der Waals surface area contributed by atoms with Gasteiger partial charge in [0.05, 0.1) is 5.69 Å². The molecule has 0 bridgehead atoms. The van der Waals surface area contributed by atoms with Gasteiger partial charge in [-0.15, -0.1) is 0 Å². The van der Waals surface area contributed by atoms with E-state index in [0.717, 1.165) is 18.0 Å². The van der Waals surface area contributed by atoms with Gasteiger partial charge < -0.3 is 4.90 Å². The van der Waals surface area contributed by atoms with Crippen LogP contribution >= 0.6 is 11.8 Å². The molecule has 3 rings (SSSR count). The highest BCUT2D eigenvalue weighted by molar-refractivity contribution is 8.00. The molecule has 1 aliphatic rings. The molecule has 3 heterocycles. The highest BCUT2D eigenvalue weighted by Gasteiger charge is 2.32. The van der Waals surface area contributed by atoms with Gasteiger partial charge in [-0.1, -0.05) is 6.92 Å². The van der Waals surface area contributed by atoms with Crippen molar-refractivity contribution < 1.29 is 4.79 Å². The van der Waals surface area contributed by atoms with E-state index < -0.39 is 0 Å². The van der Waals surface area contributed by atoms with Gasteiger partial charge >= 0.3 is 0 Å². The van der Waals surface area contributed by atoms with E-state index in [-0.39, 0.29) is 11.9 Å². The molecule has 0 spiro atoms. The molecule has 6 heteroatoms. The first-order valence-corrected chi connectivity index (χ1v) is 7.87. The summed E-state index contributed by atoms with van der Waals surface area (Å²) < 4.78 is 1.68. The van der Waals surface area contributed by atoms with Crippen molar-refractivity contribution in [2.75, 3.05) is 12.3 Å². The number of rotatable bonds is 1. The van der Waals surface area contributed by atoms with Gasteiger partial charge in [0, 0.05) is 36.0 Å². The number of nitrogens with zero attached hydrogens (tertiary/aromatic N) is 4. The van der Waals surface area contributed by atoms with E-state index in [1.807, 2.05) is 35.8 Å². The lowest BCUT2D eigenvalue weighted by atomic mass is 10.1. The number of amides is 1. The molecule has 0 N–H and O–H groups in total. The maximum atomic E-state index is 12.9. The van der Waals surface area contributed by atoms with Crippen molar-refractivity contribution in [3.63, 3.8) is 0 Å². The van der Waals surface area contributed by atoms with E-state index in [9.17, 15) is 4.79 Å². The zero-order chi connectivity index (χ0) is 14.3. The molecule has 0 aliphatic carbocycles. The molecule has 2 atom stereocenters. The molecule has 20 heavy (non-hydrogen) atoms. The SMILES string of the molecule is Cc1nn2cccnc2c1C(=O)N1CCSC(C)C1C. The molecule has 0 radical (unpaired) electrons. The summed E-state index contributed by atoms with van der Waals surface area (Å²) in [4.78, 5) is 19.1. The van der Waals surface area contributed by atoms with Crippen LogP contribution in [0.1, 0.15) is 29.9 Å². The van der Waals surface area contributed by atoms with Crippen LogP contribution in [-0.4, -0.2) is 49.0 Å². The minimum atomic E-state index is 0.0517. The predicted octanol–water partition coefficient (Wildman–Crippen LogP) is 2.00. The fraction of sp³-hybridized carbons (Fsp3) is 0.500. The number of thioether (sulfide) groups is 1. The van der Waals surface area contributed by atoms with Crippen LogP contribution in [0.4, 0.5) is 0 Å². The number of carbonyl (C=O) groups is 1. The van der Waals surface area contributed by atoms with E-state index in [4.69, 9.17) is 0 Å². The minimum absolute atomic E-state index is 0.0517. The van der Waals surface area contributed by atoms with Gasteiger partial charge in [-0.25, -0.2) is 9.50 Å². The Morgan fingerprint density at radius 1 is 1.45 bits per heavy atom. The van der Waals surface area contributed by atoms with Crippen molar-refractivity contribution in [3.05, 3.63) is 29.7 Å². The number of aryl methyl sites for hydroxylation is 1. The summed E-state index contributed by atoms with van der Waals surface area (Å²) in [6.07, 6.45) is 3.52. The summed E-state index contributed by atoms with van der Waals surface area (Å²) in [6.45, 7) is 6.95. The monoisotopic (exact) mass is 290 g/mol. The summed E-state index contributed by atoms with van der Waals surface area (Å²) in [6, 6.07) is 2.05. The Morgan fingerprint density at radius 3 is 3.05 bits per heavy atom. The minimum Gasteiger partial charge on any atom is -0.334 e. The molecule has 0 aromatic carbocycles. The predicted molar refractivity (Wildman–Crippen MR) is 80.1 cm³/mol. The molecule has 5 nitrogen and oxygen atoms in total. The van der Waals surface area contributed by atoms with Crippen LogP contribution in [-0.2, 0) is 0 Å². The first kappa shape index (κ1) is 13.4. The quantitative estimate of drug-likeness (QED) is 0.806. The Hall–Kier alpha value is -1.56. The average molecular weight is 290 g/mol. The lowest BCUT2D eigenvalue weighted by Gasteiger charge is -2.37. The topological polar surface area (TPSA) is 50.5 Å². The van der Waals surface area contributed by atoms with Crippen LogP contribution in [0.2, 0.25) is 0 Å². The molecule has 106 valence electrons. The zero-order valence-electron chi connectivity index (χ0n) is 11.9. The third-order valence-corrected chi connectivity index (χ3v) is 5.27. The molecule has 1 fully saturated rings. The Balaban J connectivity index is 2.02. The summed E-state index contributed by atoms with van der Waals surface area (Å²) in [5.41, 5.74) is 2.02. The van der Waals surface area contributed by atoms with Crippen LogP contribution < -0.4 is 0 Å². The summed E-state index contributed by atoms with van der Waals surface area (Å²) in [5.74, 6) is 1.04. The first-order chi connectivity index (χ1) is 9.59.